The molecule has 0 amide bonds. The van der Waals surface area contributed by atoms with Gasteiger partial charge >= 0.3 is 5.97 Å². The molecule has 2 rings (SSSR count). The highest BCUT2D eigenvalue weighted by Crippen LogP contribution is 2.31. The number of rotatable bonds is 8. The van der Waals surface area contributed by atoms with Crippen LogP contribution in [0, 0.1) is 0 Å². The third-order valence-corrected chi connectivity index (χ3v) is 2.98. The lowest BCUT2D eigenvalue weighted by Crippen LogP contribution is -2.09. The van der Waals surface area contributed by atoms with Crippen LogP contribution < -0.4 is 20.1 Å². The van der Waals surface area contributed by atoms with Crippen molar-refractivity contribution in [1.82, 2.24) is 9.97 Å². The van der Waals surface area contributed by atoms with E-state index < -0.39 is 5.97 Å². The van der Waals surface area contributed by atoms with Gasteiger partial charge in [0.15, 0.2) is 0 Å². The number of hydrogen-bond acceptors (Lipinski definition) is 7. The maximum atomic E-state index is 10.5. The molecule has 23 heavy (non-hydrogen) atoms. The molecule has 1 aromatic heterocycles. The number of ether oxygens (including phenoxy) is 2. The molecular weight excluding hydrogens is 300 g/mol. The smallest absolute Gasteiger partial charge is 0.305 e. The van der Waals surface area contributed by atoms with Crippen LogP contribution in [-0.2, 0) is 4.79 Å². The van der Waals surface area contributed by atoms with E-state index in [4.69, 9.17) is 14.6 Å². The molecule has 0 aliphatic carbocycles. The van der Waals surface area contributed by atoms with Gasteiger partial charge in [0.2, 0.25) is 0 Å². The molecule has 0 aliphatic rings. The van der Waals surface area contributed by atoms with E-state index in [1.165, 1.54) is 6.33 Å². The molecule has 0 spiro atoms. The number of hydrogen-bond donors (Lipinski definition) is 3. The van der Waals surface area contributed by atoms with Crippen molar-refractivity contribution in [1.29, 1.82) is 0 Å². The first kappa shape index (κ1) is 16.3. The second-order valence-electron chi connectivity index (χ2n) is 4.55. The zero-order chi connectivity index (χ0) is 16.7. The summed E-state index contributed by atoms with van der Waals surface area (Å²) in [5.74, 6) is 1.53. The molecule has 122 valence electrons. The Kier molecular flexibility index (Phi) is 5.56. The first-order chi connectivity index (χ1) is 11.1. The Balaban J connectivity index is 2.09. The first-order valence-electron chi connectivity index (χ1n) is 6.89. The Morgan fingerprint density at radius 1 is 1.17 bits per heavy atom. The van der Waals surface area contributed by atoms with Gasteiger partial charge in [-0.3, -0.25) is 4.79 Å². The van der Waals surface area contributed by atoms with E-state index in [0.29, 0.717) is 23.1 Å². The van der Waals surface area contributed by atoms with Crippen LogP contribution in [0.1, 0.15) is 6.42 Å². The average Bonchev–Trinajstić information content (AvgIpc) is 2.55. The number of carboxylic acids is 1. The van der Waals surface area contributed by atoms with Crippen LogP contribution in [0.4, 0.5) is 17.3 Å². The Labute approximate surface area is 133 Å². The van der Waals surface area contributed by atoms with Crippen LogP contribution in [-0.4, -0.2) is 41.8 Å². The predicted molar refractivity (Wildman–Crippen MR) is 85.6 cm³/mol. The van der Waals surface area contributed by atoms with E-state index in [-0.39, 0.29) is 13.0 Å². The predicted octanol–water partition coefficient (Wildman–Crippen LogP) is 2.12. The van der Waals surface area contributed by atoms with Gasteiger partial charge in [0.1, 0.15) is 29.5 Å². The van der Waals surface area contributed by atoms with Crippen molar-refractivity contribution in [3.8, 4) is 11.5 Å². The fraction of sp³-hybridized carbons (Fsp3) is 0.267. The van der Waals surface area contributed by atoms with Crippen molar-refractivity contribution >= 4 is 23.3 Å². The molecule has 1 heterocycles. The number of anilines is 3. The van der Waals surface area contributed by atoms with Crippen LogP contribution in [0.25, 0.3) is 0 Å². The highest BCUT2D eigenvalue weighted by Gasteiger charge is 2.07. The summed E-state index contributed by atoms with van der Waals surface area (Å²) in [6.07, 6.45) is 1.40. The van der Waals surface area contributed by atoms with Crippen molar-refractivity contribution in [2.45, 2.75) is 6.42 Å². The third kappa shape index (κ3) is 4.73. The molecule has 8 heteroatoms. The molecule has 0 saturated heterocycles. The first-order valence-corrected chi connectivity index (χ1v) is 6.89. The van der Waals surface area contributed by atoms with Gasteiger partial charge in [-0.2, -0.15) is 0 Å². The molecule has 3 N–H and O–H groups in total. The van der Waals surface area contributed by atoms with Crippen LogP contribution in [0.5, 0.6) is 11.5 Å². The fourth-order valence-electron chi connectivity index (χ4n) is 1.86. The molecule has 2 aromatic rings. The largest absolute Gasteiger partial charge is 0.497 e. The number of nitrogens with one attached hydrogen (secondary N) is 2. The highest BCUT2D eigenvalue weighted by atomic mass is 16.5. The minimum absolute atomic E-state index is 0.0130. The number of methoxy groups -OCH3 is 2. The number of carboxylic acid groups (broad SMARTS) is 1. The lowest BCUT2D eigenvalue weighted by Gasteiger charge is -2.12. The van der Waals surface area contributed by atoms with Gasteiger partial charge in [-0.1, -0.05) is 0 Å². The fourth-order valence-corrected chi connectivity index (χ4v) is 1.86. The van der Waals surface area contributed by atoms with Crippen molar-refractivity contribution in [3.05, 3.63) is 30.6 Å². The van der Waals surface area contributed by atoms with Gasteiger partial charge < -0.3 is 25.2 Å². The molecule has 0 atom stereocenters. The minimum atomic E-state index is -0.868. The standard InChI is InChI=1S/C15H18N4O4/c1-22-10-3-4-11(12(7-10)23-2)19-14-8-13(17-9-18-14)16-6-5-15(20)21/h3-4,7-9H,5-6H2,1-2H3,(H,20,21)(H2,16,17,18,19). The number of aliphatic carboxylic acids is 1. The number of aromatic nitrogens is 2. The SMILES string of the molecule is COc1ccc(Nc2cc(NCCC(=O)O)ncn2)c(OC)c1. The minimum Gasteiger partial charge on any atom is -0.497 e. The van der Waals surface area contributed by atoms with Gasteiger partial charge in [-0.15, -0.1) is 0 Å². The quantitative estimate of drug-likeness (QED) is 0.679. The summed E-state index contributed by atoms with van der Waals surface area (Å²) in [7, 11) is 3.15. The second kappa shape index (κ2) is 7.83. The van der Waals surface area contributed by atoms with Gasteiger partial charge in [0.25, 0.3) is 0 Å². The molecule has 0 saturated carbocycles. The zero-order valence-electron chi connectivity index (χ0n) is 12.9. The Morgan fingerprint density at radius 2 is 1.96 bits per heavy atom. The topological polar surface area (TPSA) is 106 Å². The second-order valence-corrected chi connectivity index (χ2v) is 4.55. The summed E-state index contributed by atoms with van der Waals surface area (Å²) < 4.78 is 10.5. The van der Waals surface area contributed by atoms with E-state index in [0.717, 1.165) is 5.69 Å². The number of carbonyl (C=O) groups is 1. The lowest BCUT2D eigenvalue weighted by atomic mass is 10.2. The summed E-state index contributed by atoms with van der Waals surface area (Å²) in [6, 6.07) is 7.07. The van der Waals surface area contributed by atoms with Gasteiger partial charge in [0, 0.05) is 18.7 Å². The maximum absolute atomic E-state index is 10.5. The van der Waals surface area contributed by atoms with Crippen molar-refractivity contribution < 1.29 is 19.4 Å². The van der Waals surface area contributed by atoms with E-state index in [9.17, 15) is 4.79 Å². The van der Waals surface area contributed by atoms with E-state index in [2.05, 4.69) is 20.6 Å². The monoisotopic (exact) mass is 318 g/mol. The Morgan fingerprint density at radius 3 is 2.65 bits per heavy atom. The van der Waals surface area contributed by atoms with Crippen LogP contribution in [0.15, 0.2) is 30.6 Å². The Hall–Kier alpha value is -3.03. The van der Waals surface area contributed by atoms with E-state index in [1.807, 2.05) is 6.07 Å². The highest BCUT2D eigenvalue weighted by molar-refractivity contribution is 5.68. The van der Waals surface area contributed by atoms with Crippen molar-refractivity contribution in [2.75, 3.05) is 31.4 Å². The summed E-state index contributed by atoms with van der Waals surface area (Å²) >= 11 is 0. The van der Waals surface area contributed by atoms with E-state index in [1.54, 1.807) is 32.4 Å². The van der Waals surface area contributed by atoms with E-state index >= 15 is 0 Å². The molecule has 0 radical (unpaired) electrons. The summed E-state index contributed by atoms with van der Waals surface area (Å²) in [6.45, 7) is 0.289. The molecular formula is C15H18N4O4. The summed E-state index contributed by atoms with van der Waals surface area (Å²) in [4.78, 5) is 18.7. The zero-order valence-corrected chi connectivity index (χ0v) is 12.9. The molecule has 0 aliphatic heterocycles. The number of benzene rings is 1. The van der Waals surface area contributed by atoms with Gasteiger partial charge in [-0.25, -0.2) is 9.97 Å². The maximum Gasteiger partial charge on any atom is 0.305 e. The molecule has 0 bridgehead atoms. The summed E-state index contributed by atoms with van der Waals surface area (Å²) in [5, 5.41) is 14.7. The molecule has 0 fully saturated rings. The average molecular weight is 318 g/mol. The van der Waals surface area contributed by atoms with Crippen molar-refractivity contribution in [3.63, 3.8) is 0 Å². The van der Waals surface area contributed by atoms with Crippen LogP contribution >= 0.6 is 0 Å². The van der Waals surface area contributed by atoms with Crippen molar-refractivity contribution in [2.24, 2.45) is 0 Å². The number of nitrogens with zero attached hydrogens (tertiary/aromatic N) is 2. The lowest BCUT2D eigenvalue weighted by molar-refractivity contribution is -0.136. The molecule has 1 aromatic carbocycles. The van der Waals surface area contributed by atoms with Gasteiger partial charge in [0.05, 0.1) is 26.3 Å². The molecule has 8 nitrogen and oxygen atoms in total. The third-order valence-electron chi connectivity index (χ3n) is 2.98. The molecule has 0 unspecified atom stereocenters. The van der Waals surface area contributed by atoms with Crippen LogP contribution in [0.3, 0.4) is 0 Å². The Bertz CT molecular complexity index is 678. The summed E-state index contributed by atoms with van der Waals surface area (Å²) in [5.41, 5.74) is 0.725. The van der Waals surface area contributed by atoms with Crippen LogP contribution in [0.2, 0.25) is 0 Å². The van der Waals surface area contributed by atoms with Gasteiger partial charge in [-0.05, 0) is 12.1 Å². The normalized spacial score (nSPS) is 10.0.